The molecule has 0 spiro atoms. The van der Waals surface area contributed by atoms with Crippen LogP contribution in [0.15, 0.2) is 49.1 Å². The molecule has 9 nitrogen and oxygen atoms in total. The van der Waals surface area contributed by atoms with Gasteiger partial charge < -0.3 is 14.8 Å². The van der Waals surface area contributed by atoms with Crippen molar-refractivity contribution >= 4 is 41.4 Å². The van der Waals surface area contributed by atoms with Crippen molar-refractivity contribution in [3.63, 3.8) is 0 Å². The first-order chi connectivity index (χ1) is 15.1. The fourth-order valence-corrected chi connectivity index (χ4v) is 3.09. The van der Waals surface area contributed by atoms with E-state index in [0.29, 0.717) is 24.1 Å². The number of aromatic nitrogens is 6. The van der Waals surface area contributed by atoms with Gasteiger partial charge in [0, 0.05) is 30.6 Å². The van der Waals surface area contributed by atoms with E-state index in [1.54, 1.807) is 23.3 Å². The smallest absolute Gasteiger partial charge is 0.154 e. The number of fused-ring (bicyclic) bond motifs is 1. The second-order valence-corrected chi connectivity index (χ2v) is 7.47. The van der Waals surface area contributed by atoms with Crippen molar-refractivity contribution in [2.45, 2.75) is 32.4 Å². The minimum absolute atomic E-state index is 0. The minimum atomic E-state index is -0.532. The van der Waals surface area contributed by atoms with Crippen molar-refractivity contribution < 1.29 is 9.53 Å². The average Bonchev–Trinajstić information content (AvgIpc) is 3.25. The fraction of sp³-hybridized carbons (Fsp3) is 0.273. The van der Waals surface area contributed by atoms with Gasteiger partial charge in [-0.1, -0.05) is 13.8 Å². The summed E-state index contributed by atoms with van der Waals surface area (Å²) in [5.41, 5.74) is 4.38. The van der Waals surface area contributed by atoms with Crippen LogP contribution in [0.3, 0.4) is 0 Å². The molecule has 0 aromatic carbocycles. The molecule has 4 heterocycles. The molecule has 0 saturated carbocycles. The molecule has 32 heavy (non-hydrogen) atoms. The summed E-state index contributed by atoms with van der Waals surface area (Å²) < 4.78 is 6.77. The molecule has 0 saturated heterocycles. The lowest BCUT2D eigenvalue weighted by molar-refractivity contribution is -0.117. The van der Waals surface area contributed by atoms with Gasteiger partial charge >= 0.3 is 0 Å². The van der Waals surface area contributed by atoms with Gasteiger partial charge in [-0.2, -0.15) is 10.2 Å². The van der Waals surface area contributed by atoms with Crippen LogP contribution in [0.1, 0.15) is 25.3 Å². The van der Waals surface area contributed by atoms with Crippen LogP contribution in [0.5, 0.6) is 0 Å². The molecule has 0 aliphatic carbocycles. The molecule has 0 aliphatic heterocycles. The van der Waals surface area contributed by atoms with Gasteiger partial charge in [-0.05, 0) is 35.7 Å². The highest BCUT2D eigenvalue weighted by atomic mass is 35.5. The Morgan fingerprint density at radius 3 is 2.69 bits per heavy atom. The number of halogens is 1. The van der Waals surface area contributed by atoms with Crippen LogP contribution in [0, 0.1) is 0 Å². The van der Waals surface area contributed by atoms with Crippen molar-refractivity contribution in [3.05, 3.63) is 54.6 Å². The highest BCUT2D eigenvalue weighted by Gasteiger charge is 2.10. The number of aldehydes is 1. The topological polar surface area (TPSA) is 108 Å². The van der Waals surface area contributed by atoms with Crippen LogP contribution in [0.25, 0.3) is 22.2 Å². The zero-order valence-corrected chi connectivity index (χ0v) is 18.8. The Morgan fingerprint density at radius 2 is 1.94 bits per heavy atom. The van der Waals surface area contributed by atoms with Crippen molar-refractivity contribution in [2.75, 3.05) is 12.4 Å². The third kappa shape index (κ3) is 5.24. The molecule has 166 valence electrons. The second kappa shape index (κ2) is 10.3. The van der Waals surface area contributed by atoms with Gasteiger partial charge in [-0.25, -0.2) is 4.98 Å². The number of carbonyl (C=O) groups is 1. The number of carbonyl (C=O) groups excluding carboxylic acids is 1. The number of hydrogen-bond donors (Lipinski definition) is 1. The van der Waals surface area contributed by atoms with Crippen LogP contribution >= 0.6 is 12.4 Å². The Balaban J connectivity index is 0.00000289. The van der Waals surface area contributed by atoms with Crippen molar-refractivity contribution in [3.8, 4) is 11.1 Å². The van der Waals surface area contributed by atoms with E-state index >= 15 is 0 Å². The third-order valence-electron chi connectivity index (χ3n) is 4.92. The number of nitrogens with one attached hydrogen (secondary N) is 1. The lowest BCUT2D eigenvalue weighted by Crippen LogP contribution is -2.20. The summed E-state index contributed by atoms with van der Waals surface area (Å²) in [7, 11) is 1.50. The van der Waals surface area contributed by atoms with Gasteiger partial charge in [0.2, 0.25) is 0 Å². The van der Waals surface area contributed by atoms with E-state index in [0.717, 1.165) is 34.0 Å². The number of hydrogen-bond acceptors (Lipinski definition) is 8. The van der Waals surface area contributed by atoms with E-state index in [1.807, 2.05) is 30.5 Å². The van der Waals surface area contributed by atoms with E-state index in [2.05, 4.69) is 44.4 Å². The molecule has 0 aliphatic rings. The molecular weight excluding hydrogens is 430 g/mol. The first kappa shape index (κ1) is 23.2. The molecule has 4 rings (SSSR count). The van der Waals surface area contributed by atoms with Gasteiger partial charge in [0.05, 0.1) is 30.0 Å². The number of methoxy groups -OCH3 is 1. The average molecular weight is 454 g/mol. The normalized spacial score (nSPS) is 11.9. The van der Waals surface area contributed by atoms with Gasteiger partial charge in [-0.15, -0.1) is 17.5 Å². The molecule has 0 bridgehead atoms. The monoisotopic (exact) mass is 453 g/mol. The van der Waals surface area contributed by atoms with Crippen molar-refractivity contribution in [1.82, 2.24) is 29.9 Å². The summed E-state index contributed by atoms with van der Waals surface area (Å²) in [6, 6.07) is 7.70. The summed E-state index contributed by atoms with van der Waals surface area (Å²) in [4.78, 5) is 20.2. The predicted molar refractivity (Wildman–Crippen MR) is 124 cm³/mol. The maximum absolute atomic E-state index is 11.0. The van der Waals surface area contributed by atoms with Crippen LogP contribution in [-0.2, 0) is 16.1 Å². The second-order valence-electron chi connectivity index (χ2n) is 7.47. The van der Waals surface area contributed by atoms with E-state index in [-0.39, 0.29) is 12.4 Å². The maximum atomic E-state index is 11.0. The molecule has 4 aromatic rings. The van der Waals surface area contributed by atoms with Gasteiger partial charge in [0.25, 0.3) is 0 Å². The van der Waals surface area contributed by atoms with Gasteiger partial charge in [-0.3, -0.25) is 9.67 Å². The first-order valence-corrected chi connectivity index (χ1v) is 9.93. The lowest BCUT2D eigenvalue weighted by Gasteiger charge is -2.09. The number of anilines is 2. The highest BCUT2D eigenvalue weighted by molar-refractivity contribution is 5.85. The summed E-state index contributed by atoms with van der Waals surface area (Å²) in [6.07, 6.45) is 7.37. The summed E-state index contributed by atoms with van der Waals surface area (Å²) in [5, 5.41) is 15.7. The standard InChI is InChI=1S/C22H23N7O2.ClH/c1-14(2)15-7-22(28-24-9-15)27-21-5-4-19-20(26-21)6-16(8-23-19)17-10-25-29(11-17)12-18(13-30)31-3;/h4-11,13-14,18H,12H2,1-3H3,(H,26,27,28);1H. The third-order valence-corrected chi connectivity index (χ3v) is 4.92. The molecule has 1 unspecified atom stereocenters. The molecule has 0 radical (unpaired) electrons. The Kier molecular flexibility index (Phi) is 7.45. The molecule has 0 amide bonds. The molecule has 1 atom stereocenters. The van der Waals surface area contributed by atoms with E-state index in [9.17, 15) is 4.79 Å². The number of ether oxygens (including phenoxy) is 1. The molecular formula is C22H24ClN7O2. The molecule has 0 fully saturated rings. The molecule has 4 aromatic heterocycles. The summed E-state index contributed by atoms with van der Waals surface area (Å²) in [5.74, 6) is 1.66. The molecule has 1 N–H and O–H groups in total. The van der Waals surface area contributed by atoms with Crippen molar-refractivity contribution in [1.29, 1.82) is 0 Å². The number of nitrogens with zero attached hydrogens (tertiary/aromatic N) is 6. The zero-order chi connectivity index (χ0) is 21.8. The lowest BCUT2D eigenvalue weighted by atomic mass is 10.1. The Labute approximate surface area is 191 Å². The van der Waals surface area contributed by atoms with Gasteiger partial charge in [0.15, 0.2) is 12.1 Å². The largest absolute Gasteiger partial charge is 0.372 e. The zero-order valence-electron chi connectivity index (χ0n) is 18.0. The van der Waals surface area contributed by atoms with E-state index in [1.165, 1.54) is 7.11 Å². The Hall–Kier alpha value is -3.43. The number of pyridine rings is 2. The van der Waals surface area contributed by atoms with Gasteiger partial charge in [0.1, 0.15) is 11.9 Å². The fourth-order valence-electron chi connectivity index (χ4n) is 3.09. The summed E-state index contributed by atoms with van der Waals surface area (Å²) >= 11 is 0. The SMILES string of the molecule is COC(C=O)Cn1cc(-c2cnc3ccc(Nc4cc(C(C)C)cnn4)nc3c2)cn1.Cl. The molecule has 10 heteroatoms. The quantitative estimate of drug-likeness (QED) is 0.401. The van der Waals surface area contributed by atoms with Crippen LogP contribution in [-0.4, -0.2) is 49.4 Å². The number of rotatable bonds is 8. The summed E-state index contributed by atoms with van der Waals surface area (Å²) in [6.45, 7) is 4.57. The van der Waals surface area contributed by atoms with Crippen molar-refractivity contribution in [2.24, 2.45) is 0 Å². The van der Waals surface area contributed by atoms with E-state index in [4.69, 9.17) is 4.74 Å². The van der Waals surface area contributed by atoms with E-state index < -0.39 is 6.10 Å². The highest BCUT2D eigenvalue weighted by Crippen LogP contribution is 2.24. The van der Waals surface area contributed by atoms with Crippen LogP contribution < -0.4 is 5.32 Å². The maximum Gasteiger partial charge on any atom is 0.154 e. The van der Waals surface area contributed by atoms with Crippen LogP contribution in [0.2, 0.25) is 0 Å². The minimum Gasteiger partial charge on any atom is -0.372 e. The predicted octanol–water partition coefficient (Wildman–Crippen LogP) is 3.79. The first-order valence-electron chi connectivity index (χ1n) is 9.93. The Morgan fingerprint density at radius 1 is 1.09 bits per heavy atom. The Bertz CT molecular complexity index is 1210. The van der Waals surface area contributed by atoms with Crippen LogP contribution in [0.4, 0.5) is 11.6 Å².